The Kier molecular flexibility index (Phi) is 10.1. The van der Waals surface area contributed by atoms with Gasteiger partial charge in [-0.25, -0.2) is 9.36 Å². The molecule has 0 aliphatic carbocycles. The average Bonchev–Trinajstić information content (AvgIpc) is 3.52. The first kappa shape index (κ1) is 31.4. The summed E-state index contributed by atoms with van der Waals surface area (Å²) in [6.07, 6.45) is 5.23. The Morgan fingerprint density at radius 1 is 0.955 bits per heavy atom. The van der Waals surface area contributed by atoms with Crippen molar-refractivity contribution in [2.24, 2.45) is 10.2 Å². The predicted octanol–water partition coefficient (Wildman–Crippen LogP) is 5.45. The van der Waals surface area contributed by atoms with E-state index in [2.05, 4.69) is 37.9 Å². The second-order valence-corrected chi connectivity index (χ2v) is 13.3. The molecule has 3 heterocycles. The third-order valence-electron chi connectivity index (χ3n) is 7.46. The lowest BCUT2D eigenvalue weighted by Crippen LogP contribution is -2.36. The van der Waals surface area contributed by atoms with E-state index in [1.807, 2.05) is 24.3 Å². The van der Waals surface area contributed by atoms with Crippen molar-refractivity contribution in [3.8, 4) is 11.8 Å². The van der Waals surface area contributed by atoms with Crippen LogP contribution in [-0.4, -0.2) is 52.7 Å². The number of anilines is 1. The fraction of sp³-hybridized carbons (Fsp3) is 0.400. The SMILES string of the molecule is O=C(CCCCCN(CCCCS(=O)(=O)O)c1ccc(N=Nc2sc3cccc4c3[n+]2CCC4)cc1)On1c(O)ccc1O. The molecule has 4 aromatic rings. The van der Waals surface area contributed by atoms with Gasteiger partial charge in [-0.2, -0.15) is 8.42 Å². The van der Waals surface area contributed by atoms with Crippen molar-refractivity contribution in [3.05, 3.63) is 60.2 Å². The van der Waals surface area contributed by atoms with Crippen LogP contribution in [0.2, 0.25) is 0 Å². The van der Waals surface area contributed by atoms with Gasteiger partial charge in [0.25, 0.3) is 10.1 Å². The lowest BCUT2D eigenvalue weighted by molar-refractivity contribution is -0.658. The lowest BCUT2D eigenvalue weighted by Gasteiger charge is -2.25. The second-order valence-electron chi connectivity index (χ2n) is 10.7. The number of hydrogen-bond acceptors (Lipinski definition) is 10. The summed E-state index contributed by atoms with van der Waals surface area (Å²) in [5.41, 5.74) is 4.28. The molecule has 3 N–H and O–H groups in total. The van der Waals surface area contributed by atoms with Gasteiger partial charge in [0.1, 0.15) is 11.2 Å². The fourth-order valence-corrected chi connectivity index (χ4v) is 6.92. The summed E-state index contributed by atoms with van der Waals surface area (Å²) in [6, 6.07) is 16.6. The fourth-order valence-electron chi connectivity index (χ4n) is 5.30. The third-order valence-corrected chi connectivity index (χ3v) is 9.30. The van der Waals surface area contributed by atoms with E-state index >= 15 is 0 Å². The van der Waals surface area contributed by atoms with Crippen LogP contribution < -0.4 is 14.3 Å². The van der Waals surface area contributed by atoms with Crippen LogP contribution in [0.1, 0.15) is 50.5 Å². The number of para-hydroxylation sites is 1. The Labute approximate surface area is 259 Å². The quantitative estimate of drug-likeness (QED) is 0.0668. The molecule has 44 heavy (non-hydrogen) atoms. The third kappa shape index (κ3) is 8.12. The molecule has 0 radical (unpaired) electrons. The van der Waals surface area contributed by atoms with E-state index in [9.17, 15) is 23.4 Å². The van der Waals surface area contributed by atoms with Crippen LogP contribution in [-0.2, 0) is 27.9 Å². The molecule has 2 aromatic heterocycles. The van der Waals surface area contributed by atoms with Gasteiger partial charge in [0.2, 0.25) is 11.8 Å². The summed E-state index contributed by atoms with van der Waals surface area (Å²) < 4.78 is 35.5. The number of carbonyl (C=O) groups is 1. The standard InChI is InChI=1S/C30H35N5O7S2/c36-26-16-17-27(37)35(26)42-28(38)11-2-1-3-18-33(19-4-5-21-44(39,40)41)24-14-12-23(13-15-24)31-32-30-34-20-7-9-22-8-6-10-25(43-30)29(22)34/h6,8,10,12-17,31H,1-5,7,9,11,18-21H2,(H,39,40,41)/p+1. The van der Waals surface area contributed by atoms with Crippen LogP contribution in [0.25, 0.3) is 10.2 Å². The van der Waals surface area contributed by atoms with Gasteiger partial charge in [0, 0.05) is 42.9 Å². The molecule has 0 saturated heterocycles. The van der Waals surface area contributed by atoms with Gasteiger partial charge in [-0.15, -0.1) is 4.73 Å². The monoisotopic (exact) mass is 642 g/mol. The highest BCUT2D eigenvalue weighted by atomic mass is 32.2. The number of aromatic hydroxyl groups is 2. The van der Waals surface area contributed by atoms with Gasteiger partial charge in [-0.05, 0) is 85.3 Å². The van der Waals surface area contributed by atoms with E-state index in [-0.39, 0.29) is 23.9 Å². The number of rotatable bonds is 15. The molecule has 12 nitrogen and oxygen atoms in total. The van der Waals surface area contributed by atoms with Crippen molar-refractivity contribution in [2.75, 3.05) is 23.7 Å². The van der Waals surface area contributed by atoms with Gasteiger partial charge in [0.15, 0.2) is 0 Å². The first-order valence-corrected chi connectivity index (χ1v) is 17.1. The van der Waals surface area contributed by atoms with Crippen LogP contribution in [0, 0.1) is 0 Å². The molecule has 0 bridgehead atoms. The van der Waals surface area contributed by atoms with Crippen molar-refractivity contribution in [1.29, 1.82) is 0 Å². The maximum absolute atomic E-state index is 12.1. The van der Waals surface area contributed by atoms with Crippen molar-refractivity contribution in [3.63, 3.8) is 0 Å². The normalized spacial score (nSPS) is 13.1. The molecular weight excluding hydrogens is 606 g/mol. The van der Waals surface area contributed by atoms with Gasteiger partial charge in [0.05, 0.1) is 22.1 Å². The maximum Gasteiger partial charge on any atom is 0.409 e. The zero-order chi connectivity index (χ0) is 31.1. The molecule has 14 heteroatoms. The molecule has 0 amide bonds. The van der Waals surface area contributed by atoms with E-state index < -0.39 is 16.1 Å². The Morgan fingerprint density at radius 3 is 2.41 bits per heavy atom. The van der Waals surface area contributed by atoms with Crippen molar-refractivity contribution < 1.29 is 37.4 Å². The summed E-state index contributed by atoms with van der Waals surface area (Å²) >= 11 is 1.64. The van der Waals surface area contributed by atoms with E-state index in [4.69, 9.17) is 9.39 Å². The number of azo groups is 1. The molecule has 0 fully saturated rings. The first-order valence-electron chi connectivity index (χ1n) is 14.6. The number of benzene rings is 2. The summed E-state index contributed by atoms with van der Waals surface area (Å²) in [7, 11) is -4.01. The number of aryl methyl sites for hydroxylation is 2. The van der Waals surface area contributed by atoms with Gasteiger partial charge >= 0.3 is 11.1 Å². The highest BCUT2D eigenvalue weighted by Crippen LogP contribution is 2.32. The van der Waals surface area contributed by atoms with Crippen molar-refractivity contribution in [2.45, 2.75) is 57.9 Å². The smallest absolute Gasteiger partial charge is 0.409 e. The minimum absolute atomic E-state index is 0.117. The summed E-state index contributed by atoms with van der Waals surface area (Å²) in [6.45, 7) is 2.19. The zero-order valence-corrected chi connectivity index (χ0v) is 25.8. The molecule has 5 rings (SSSR count). The van der Waals surface area contributed by atoms with E-state index in [1.54, 1.807) is 11.3 Å². The Hall–Kier alpha value is -4.01. The zero-order valence-electron chi connectivity index (χ0n) is 24.2. The minimum Gasteiger partial charge on any atom is -0.492 e. The number of hydrogen-bond donors (Lipinski definition) is 3. The number of nitrogens with zero attached hydrogens (tertiary/aromatic N) is 5. The van der Waals surface area contributed by atoms with Crippen LogP contribution in [0.3, 0.4) is 0 Å². The van der Waals surface area contributed by atoms with Crippen LogP contribution in [0.5, 0.6) is 11.8 Å². The summed E-state index contributed by atoms with van der Waals surface area (Å²) in [5.74, 6) is -1.59. The molecule has 0 spiro atoms. The lowest BCUT2D eigenvalue weighted by atomic mass is 10.1. The molecule has 1 aliphatic rings. The summed E-state index contributed by atoms with van der Waals surface area (Å²) in [5, 5.41) is 29.2. The highest BCUT2D eigenvalue weighted by Gasteiger charge is 2.25. The molecule has 1 aliphatic heterocycles. The maximum atomic E-state index is 12.1. The minimum atomic E-state index is -4.01. The molecule has 2 aromatic carbocycles. The number of carbonyl (C=O) groups excluding carboxylic acids is 1. The highest BCUT2D eigenvalue weighted by molar-refractivity contribution is 7.85. The molecule has 0 saturated carbocycles. The Bertz CT molecular complexity index is 1710. The van der Waals surface area contributed by atoms with Crippen LogP contribution in [0.4, 0.5) is 16.5 Å². The van der Waals surface area contributed by atoms with E-state index in [1.165, 1.54) is 27.9 Å². The first-order chi connectivity index (χ1) is 21.2. The summed E-state index contributed by atoms with van der Waals surface area (Å²) in [4.78, 5) is 19.2. The molecular formula is C30H36N5O7S2+. The molecule has 0 unspecified atom stereocenters. The Balaban J connectivity index is 1.17. The van der Waals surface area contributed by atoms with Crippen molar-refractivity contribution >= 4 is 54.1 Å². The van der Waals surface area contributed by atoms with E-state index in [0.717, 1.165) is 48.7 Å². The average molecular weight is 643 g/mol. The van der Waals surface area contributed by atoms with E-state index in [0.29, 0.717) is 37.1 Å². The molecule has 0 atom stereocenters. The predicted molar refractivity (Wildman–Crippen MR) is 167 cm³/mol. The van der Waals surface area contributed by atoms with Gasteiger partial charge in [-0.1, -0.05) is 18.6 Å². The number of aromatic nitrogens is 2. The topological polar surface area (TPSA) is 158 Å². The number of unbranched alkanes of at least 4 members (excludes halogenated alkanes) is 3. The largest absolute Gasteiger partial charge is 0.492 e. The Morgan fingerprint density at radius 2 is 1.68 bits per heavy atom. The van der Waals surface area contributed by atoms with Crippen molar-refractivity contribution in [1.82, 2.24) is 4.73 Å². The van der Waals surface area contributed by atoms with Gasteiger partial charge in [-0.3, -0.25) is 4.55 Å². The van der Waals surface area contributed by atoms with Crippen LogP contribution in [0.15, 0.2) is 64.8 Å². The number of thiazole rings is 1. The molecule has 234 valence electrons. The van der Waals surface area contributed by atoms with Crippen LogP contribution >= 0.6 is 11.3 Å². The van der Waals surface area contributed by atoms with Gasteiger partial charge < -0.3 is 20.0 Å². The second kappa shape index (κ2) is 14.2.